The molecule has 2 heterocycles. The van der Waals surface area contributed by atoms with E-state index in [1.807, 2.05) is 25.1 Å². The first-order valence-electron chi connectivity index (χ1n) is 10.3. The number of anilines is 3. The third-order valence-electron chi connectivity index (χ3n) is 5.55. The van der Waals surface area contributed by atoms with Crippen LogP contribution in [0.5, 0.6) is 5.75 Å². The second-order valence-electron chi connectivity index (χ2n) is 7.67. The van der Waals surface area contributed by atoms with E-state index in [0.29, 0.717) is 12.2 Å². The van der Waals surface area contributed by atoms with Crippen LogP contribution >= 0.6 is 0 Å². The SMILES string of the molecule is Cc1cc(N2CCCC2)ccc1NC(=O)COc1ccc(N2CCCC2=O)cc1. The van der Waals surface area contributed by atoms with Crippen molar-refractivity contribution in [2.45, 2.75) is 32.6 Å². The number of aryl methyl sites for hydroxylation is 1. The number of carbonyl (C=O) groups is 2. The van der Waals surface area contributed by atoms with Crippen molar-refractivity contribution in [1.29, 1.82) is 0 Å². The Morgan fingerprint density at radius 1 is 1.00 bits per heavy atom. The van der Waals surface area contributed by atoms with Gasteiger partial charge in [0.25, 0.3) is 5.91 Å². The van der Waals surface area contributed by atoms with Gasteiger partial charge in [0, 0.05) is 43.1 Å². The van der Waals surface area contributed by atoms with Gasteiger partial charge in [0.05, 0.1) is 0 Å². The lowest BCUT2D eigenvalue weighted by atomic mass is 10.1. The van der Waals surface area contributed by atoms with Crippen LogP contribution in [0.2, 0.25) is 0 Å². The number of hydrogen-bond acceptors (Lipinski definition) is 4. The van der Waals surface area contributed by atoms with Gasteiger partial charge >= 0.3 is 0 Å². The Morgan fingerprint density at radius 3 is 2.38 bits per heavy atom. The molecule has 2 fully saturated rings. The monoisotopic (exact) mass is 393 g/mol. The second-order valence-corrected chi connectivity index (χ2v) is 7.67. The molecule has 2 aliphatic rings. The highest BCUT2D eigenvalue weighted by atomic mass is 16.5. The number of benzene rings is 2. The van der Waals surface area contributed by atoms with Gasteiger partial charge in [-0.05, 0) is 74.2 Å². The van der Waals surface area contributed by atoms with Crippen LogP contribution in [0.4, 0.5) is 17.1 Å². The molecule has 2 aromatic carbocycles. The van der Waals surface area contributed by atoms with E-state index >= 15 is 0 Å². The molecule has 0 unspecified atom stereocenters. The first kappa shape index (κ1) is 19.3. The average molecular weight is 393 g/mol. The zero-order chi connectivity index (χ0) is 20.2. The van der Waals surface area contributed by atoms with E-state index in [4.69, 9.17) is 4.74 Å². The van der Waals surface area contributed by atoms with Crippen molar-refractivity contribution in [1.82, 2.24) is 0 Å². The van der Waals surface area contributed by atoms with Crippen molar-refractivity contribution in [3.63, 3.8) is 0 Å². The third kappa shape index (κ3) is 4.53. The quantitative estimate of drug-likeness (QED) is 0.812. The number of nitrogens with one attached hydrogen (secondary N) is 1. The van der Waals surface area contributed by atoms with Crippen molar-refractivity contribution in [3.05, 3.63) is 48.0 Å². The minimum atomic E-state index is -0.194. The Morgan fingerprint density at radius 2 is 1.72 bits per heavy atom. The molecule has 4 rings (SSSR count). The van der Waals surface area contributed by atoms with Crippen LogP contribution in [0, 0.1) is 6.92 Å². The molecule has 1 N–H and O–H groups in total. The van der Waals surface area contributed by atoms with Gasteiger partial charge in [-0.15, -0.1) is 0 Å². The van der Waals surface area contributed by atoms with Crippen molar-refractivity contribution < 1.29 is 14.3 Å². The minimum absolute atomic E-state index is 0.0602. The van der Waals surface area contributed by atoms with Crippen LogP contribution in [0.25, 0.3) is 0 Å². The van der Waals surface area contributed by atoms with Crippen LogP contribution in [0.15, 0.2) is 42.5 Å². The van der Waals surface area contributed by atoms with Crippen LogP contribution in [0.1, 0.15) is 31.2 Å². The molecule has 0 radical (unpaired) electrons. The third-order valence-corrected chi connectivity index (χ3v) is 5.55. The summed E-state index contributed by atoms with van der Waals surface area (Å²) >= 11 is 0. The molecule has 0 saturated carbocycles. The van der Waals surface area contributed by atoms with Gasteiger partial charge in [0.15, 0.2) is 6.61 Å². The lowest BCUT2D eigenvalue weighted by molar-refractivity contribution is -0.118. The van der Waals surface area contributed by atoms with Crippen molar-refractivity contribution in [3.8, 4) is 5.75 Å². The van der Waals surface area contributed by atoms with Crippen molar-refractivity contribution >= 4 is 28.9 Å². The molecule has 6 nitrogen and oxygen atoms in total. The normalized spacial score (nSPS) is 16.4. The highest BCUT2D eigenvalue weighted by Gasteiger charge is 2.21. The van der Waals surface area contributed by atoms with E-state index < -0.39 is 0 Å². The molecule has 0 aromatic heterocycles. The predicted octanol–water partition coefficient (Wildman–Crippen LogP) is 3.74. The van der Waals surface area contributed by atoms with Gasteiger partial charge in [-0.3, -0.25) is 9.59 Å². The summed E-state index contributed by atoms with van der Waals surface area (Å²) in [6.45, 7) is 4.91. The molecule has 0 aliphatic carbocycles. The molecular formula is C23H27N3O3. The first-order chi connectivity index (χ1) is 14.1. The van der Waals surface area contributed by atoms with E-state index in [1.165, 1.54) is 18.5 Å². The number of rotatable bonds is 6. The largest absolute Gasteiger partial charge is 0.484 e. The summed E-state index contributed by atoms with van der Waals surface area (Å²) in [5.74, 6) is 0.571. The molecule has 2 aromatic rings. The number of amides is 2. The summed E-state index contributed by atoms with van der Waals surface area (Å²) in [5.41, 5.74) is 3.94. The standard InChI is InChI=1S/C23H27N3O3/c1-17-15-19(25-12-2-3-13-25)8-11-21(17)24-22(27)16-29-20-9-6-18(7-10-20)26-14-4-5-23(26)28/h6-11,15H,2-5,12-14,16H2,1H3,(H,24,27). The molecule has 2 saturated heterocycles. The van der Waals surface area contributed by atoms with Gasteiger partial charge in [-0.1, -0.05) is 0 Å². The molecule has 6 heteroatoms. The number of nitrogens with zero attached hydrogens (tertiary/aromatic N) is 2. The molecule has 0 spiro atoms. The Labute approximate surface area is 171 Å². The summed E-state index contributed by atoms with van der Waals surface area (Å²) < 4.78 is 5.61. The van der Waals surface area contributed by atoms with Crippen molar-refractivity contribution in [2.24, 2.45) is 0 Å². The molecule has 2 aliphatic heterocycles. The van der Waals surface area contributed by atoms with E-state index in [-0.39, 0.29) is 18.4 Å². The summed E-state index contributed by atoms with van der Waals surface area (Å²) in [6, 6.07) is 13.5. The Bertz CT molecular complexity index is 889. The van der Waals surface area contributed by atoms with Gasteiger partial charge in [0.2, 0.25) is 5.91 Å². The van der Waals surface area contributed by atoms with E-state index in [1.54, 1.807) is 17.0 Å². The summed E-state index contributed by atoms with van der Waals surface area (Å²) in [6.07, 6.45) is 3.99. The van der Waals surface area contributed by atoms with Crippen LogP contribution in [0.3, 0.4) is 0 Å². The minimum Gasteiger partial charge on any atom is -0.484 e. The van der Waals surface area contributed by atoms with Crippen LogP contribution in [-0.2, 0) is 9.59 Å². The lowest BCUT2D eigenvalue weighted by Gasteiger charge is -2.19. The van der Waals surface area contributed by atoms with Crippen LogP contribution < -0.4 is 19.9 Å². The molecule has 29 heavy (non-hydrogen) atoms. The first-order valence-corrected chi connectivity index (χ1v) is 10.3. The van der Waals surface area contributed by atoms with E-state index in [9.17, 15) is 9.59 Å². The second kappa shape index (κ2) is 8.55. The molecule has 152 valence electrons. The van der Waals surface area contributed by atoms with Gasteiger partial charge < -0.3 is 19.9 Å². The molecule has 0 bridgehead atoms. The van der Waals surface area contributed by atoms with Gasteiger partial charge in [-0.25, -0.2) is 0 Å². The Hall–Kier alpha value is -3.02. The fourth-order valence-electron chi connectivity index (χ4n) is 3.94. The summed E-state index contributed by atoms with van der Waals surface area (Å²) in [5, 5.41) is 2.92. The summed E-state index contributed by atoms with van der Waals surface area (Å²) in [7, 11) is 0. The maximum Gasteiger partial charge on any atom is 0.262 e. The maximum absolute atomic E-state index is 12.3. The zero-order valence-electron chi connectivity index (χ0n) is 16.8. The van der Waals surface area contributed by atoms with Crippen molar-refractivity contribution in [2.75, 3.05) is 41.4 Å². The fourth-order valence-corrected chi connectivity index (χ4v) is 3.94. The maximum atomic E-state index is 12.3. The van der Waals surface area contributed by atoms with Gasteiger partial charge in [0.1, 0.15) is 5.75 Å². The fraction of sp³-hybridized carbons (Fsp3) is 0.391. The Balaban J connectivity index is 1.30. The smallest absolute Gasteiger partial charge is 0.262 e. The molecule has 2 amide bonds. The zero-order valence-corrected chi connectivity index (χ0v) is 16.8. The molecular weight excluding hydrogens is 366 g/mol. The highest BCUT2D eigenvalue weighted by Crippen LogP contribution is 2.26. The number of carbonyl (C=O) groups excluding carboxylic acids is 2. The van der Waals surface area contributed by atoms with E-state index in [2.05, 4.69) is 22.3 Å². The van der Waals surface area contributed by atoms with E-state index in [0.717, 1.165) is 43.0 Å². The predicted molar refractivity (Wildman–Crippen MR) is 115 cm³/mol. The van der Waals surface area contributed by atoms with Gasteiger partial charge in [-0.2, -0.15) is 0 Å². The number of hydrogen-bond donors (Lipinski definition) is 1. The number of ether oxygens (including phenoxy) is 1. The lowest BCUT2D eigenvalue weighted by Crippen LogP contribution is -2.23. The molecule has 0 atom stereocenters. The Kier molecular flexibility index (Phi) is 5.69. The topological polar surface area (TPSA) is 61.9 Å². The highest BCUT2D eigenvalue weighted by molar-refractivity contribution is 5.95. The van der Waals surface area contributed by atoms with Crippen LogP contribution in [-0.4, -0.2) is 38.1 Å². The summed E-state index contributed by atoms with van der Waals surface area (Å²) in [4.78, 5) is 28.3. The average Bonchev–Trinajstić information content (AvgIpc) is 3.40.